The monoisotopic (exact) mass is 261 g/mol. The van der Waals surface area contributed by atoms with Gasteiger partial charge in [-0.1, -0.05) is 20.8 Å². The molecule has 0 fully saturated rings. The average Bonchev–Trinajstić information content (AvgIpc) is 2.66. The van der Waals surface area contributed by atoms with E-state index in [9.17, 15) is 4.39 Å². The van der Waals surface area contributed by atoms with Crippen LogP contribution in [-0.4, -0.2) is 14.8 Å². The standard InChI is InChI=1S/C15H20FN3/c1-6-12-15(9(2)3)11(5)19(18-12)13-7-8-14(16)17-10(13)4/h7-9H,6H2,1-5H3. The molecule has 0 saturated carbocycles. The van der Waals surface area contributed by atoms with E-state index in [0.717, 1.165) is 23.5 Å². The average molecular weight is 261 g/mol. The lowest BCUT2D eigenvalue weighted by molar-refractivity contribution is 0.578. The van der Waals surface area contributed by atoms with Crippen molar-refractivity contribution in [3.63, 3.8) is 0 Å². The number of halogens is 1. The van der Waals surface area contributed by atoms with Crippen LogP contribution in [0.3, 0.4) is 0 Å². The van der Waals surface area contributed by atoms with Crippen LogP contribution < -0.4 is 0 Å². The number of aromatic nitrogens is 3. The summed E-state index contributed by atoms with van der Waals surface area (Å²) in [4.78, 5) is 3.87. The maximum atomic E-state index is 13.1. The number of rotatable bonds is 3. The van der Waals surface area contributed by atoms with Gasteiger partial charge in [-0.2, -0.15) is 9.49 Å². The Hall–Kier alpha value is -1.71. The van der Waals surface area contributed by atoms with E-state index in [2.05, 4.69) is 37.8 Å². The first-order valence-corrected chi connectivity index (χ1v) is 6.67. The molecule has 4 heteroatoms. The topological polar surface area (TPSA) is 30.7 Å². The molecule has 2 rings (SSSR count). The van der Waals surface area contributed by atoms with E-state index in [1.807, 2.05) is 4.68 Å². The Kier molecular flexibility index (Phi) is 3.69. The molecule has 0 aliphatic heterocycles. The van der Waals surface area contributed by atoms with Crippen LogP contribution in [-0.2, 0) is 6.42 Å². The number of hydrogen-bond donors (Lipinski definition) is 0. The van der Waals surface area contributed by atoms with Crippen LogP contribution >= 0.6 is 0 Å². The van der Waals surface area contributed by atoms with Crippen molar-refractivity contribution < 1.29 is 4.39 Å². The normalized spacial score (nSPS) is 11.3. The third kappa shape index (κ3) is 2.39. The summed E-state index contributed by atoms with van der Waals surface area (Å²) in [6.45, 7) is 10.3. The summed E-state index contributed by atoms with van der Waals surface area (Å²) < 4.78 is 15.0. The van der Waals surface area contributed by atoms with Gasteiger partial charge in [0, 0.05) is 5.69 Å². The second-order valence-corrected chi connectivity index (χ2v) is 5.10. The molecule has 0 aliphatic carbocycles. The van der Waals surface area contributed by atoms with Gasteiger partial charge in [0.2, 0.25) is 5.95 Å². The molecule has 2 aromatic heterocycles. The lowest BCUT2D eigenvalue weighted by Gasteiger charge is -2.09. The Balaban J connectivity index is 2.63. The smallest absolute Gasteiger partial charge is 0.213 e. The van der Waals surface area contributed by atoms with E-state index >= 15 is 0 Å². The molecule has 0 aromatic carbocycles. The van der Waals surface area contributed by atoms with Crippen LogP contribution in [0.1, 0.15) is 49.3 Å². The van der Waals surface area contributed by atoms with Gasteiger partial charge in [-0.15, -0.1) is 0 Å². The fraction of sp³-hybridized carbons (Fsp3) is 0.467. The van der Waals surface area contributed by atoms with Crippen LogP contribution in [0.15, 0.2) is 12.1 Å². The first-order chi connectivity index (χ1) is 8.95. The van der Waals surface area contributed by atoms with E-state index in [1.165, 1.54) is 11.6 Å². The van der Waals surface area contributed by atoms with Crippen LogP contribution in [0.5, 0.6) is 0 Å². The lowest BCUT2D eigenvalue weighted by Crippen LogP contribution is -2.04. The third-order valence-corrected chi connectivity index (χ3v) is 3.40. The van der Waals surface area contributed by atoms with Crippen molar-refractivity contribution in [3.8, 4) is 5.69 Å². The maximum absolute atomic E-state index is 13.1. The molecular formula is C15H20FN3. The summed E-state index contributed by atoms with van der Waals surface area (Å²) in [7, 11) is 0. The molecule has 2 aromatic rings. The molecule has 0 unspecified atom stereocenters. The lowest BCUT2D eigenvalue weighted by atomic mass is 10.00. The van der Waals surface area contributed by atoms with Crippen molar-refractivity contribution in [3.05, 3.63) is 40.7 Å². The molecule has 0 N–H and O–H groups in total. The van der Waals surface area contributed by atoms with Crippen molar-refractivity contribution in [1.29, 1.82) is 0 Å². The number of pyridine rings is 1. The molecular weight excluding hydrogens is 241 g/mol. The highest BCUT2D eigenvalue weighted by atomic mass is 19.1. The second kappa shape index (κ2) is 5.11. The number of hydrogen-bond acceptors (Lipinski definition) is 2. The number of nitrogens with zero attached hydrogens (tertiary/aromatic N) is 3. The minimum Gasteiger partial charge on any atom is -0.236 e. The quantitative estimate of drug-likeness (QED) is 0.789. The van der Waals surface area contributed by atoms with E-state index in [1.54, 1.807) is 13.0 Å². The molecule has 0 saturated heterocycles. The fourth-order valence-electron chi connectivity index (χ4n) is 2.57. The molecule has 102 valence electrons. The molecule has 0 bridgehead atoms. The van der Waals surface area contributed by atoms with Gasteiger partial charge in [0.1, 0.15) is 0 Å². The maximum Gasteiger partial charge on any atom is 0.213 e. The zero-order valence-electron chi connectivity index (χ0n) is 12.2. The zero-order valence-corrected chi connectivity index (χ0v) is 12.2. The van der Waals surface area contributed by atoms with Crippen LogP contribution in [0.25, 0.3) is 5.69 Å². The van der Waals surface area contributed by atoms with Crippen molar-refractivity contribution >= 4 is 0 Å². The van der Waals surface area contributed by atoms with Gasteiger partial charge in [-0.05, 0) is 43.9 Å². The van der Waals surface area contributed by atoms with Gasteiger partial charge in [-0.25, -0.2) is 9.67 Å². The van der Waals surface area contributed by atoms with Gasteiger partial charge in [0.15, 0.2) is 0 Å². The van der Waals surface area contributed by atoms with Gasteiger partial charge >= 0.3 is 0 Å². The van der Waals surface area contributed by atoms with Crippen molar-refractivity contribution in [2.75, 3.05) is 0 Å². The van der Waals surface area contributed by atoms with Gasteiger partial charge in [0.05, 0.1) is 17.1 Å². The first-order valence-electron chi connectivity index (χ1n) is 6.67. The SMILES string of the molecule is CCc1nn(-c2ccc(F)nc2C)c(C)c1C(C)C. The Bertz CT molecular complexity index is 600. The molecule has 0 radical (unpaired) electrons. The predicted molar refractivity (Wildman–Crippen MR) is 74.3 cm³/mol. The fourth-order valence-corrected chi connectivity index (χ4v) is 2.57. The zero-order chi connectivity index (χ0) is 14.2. The van der Waals surface area contributed by atoms with E-state index in [-0.39, 0.29) is 0 Å². The molecule has 0 amide bonds. The molecule has 0 aliphatic rings. The van der Waals surface area contributed by atoms with E-state index in [0.29, 0.717) is 11.6 Å². The van der Waals surface area contributed by atoms with Gasteiger partial charge in [-0.3, -0.25) is 0 Å². The summed E-state index contributed by atoms with van der Waals surface area (Å²) >= 11 is 0. The summed E-state index contributed by atoms with van der Waals surface area (Å²) in [6.07, 6.45) is 0.898. The molecule has 2 heterocycles. The van der Waals surface area contributed by atoms with Gasteiger partial charge < -0.3 is 0 Å². The summed E-state index contributed by atoms with van der Waals surface area (Å²) in [6, 6.07) is 3.12. The Morgan fingerprint density at radius 3 is 2.42 bits per heavy atom. The second-order valence-electron chi connectivity index (χ2n) is 5.10. The minimum atomic E-state index is -0.453. The highest BCUT2D eigenvalue weighted by Crippen LogP contribution is 2.26. The summed E-state index contributed by atoms with van der Waals surface area (Å²) in [5.74, 6) is -0.0247. The molecule has 0 atom stereocenters. The Labute approximate surface area is 113 Å². The Morgan fingerprint density at radius 2 is 1.95 bits per heavy atom. The third-order valence-electron chi connectivity index (χ3n) is 3.40. The van der Waals surface area contributed by atoms with E-state index < -0.39 is 5.95 Å². The van der Waals surface area contributed by atoms with E-state index in [4.69, 9.17) is 0 Å². The Morgan fingerprint density at radius 1 is 1.26 bits per heavy atom. The van der Waals surface area contributed by atoms with Crippen molar-refractivity contribution in [1.82, 2.24) is 14.8 Å². The van der Waals surface area contributed by atoms with Crippen LogP contribution in [0, 0.1) is 19.8 Å². The van der Waals surface area contributed by atoms with Crippen molar-refractivity contribution in [2.45, 2.75) is 47.0 Å². The molecule has 19 heavy (non-hydrogen) atoms. The first kappa shape index (κ1) is 13.7. The predicted octanol–water partition coefficient (Wildman–Crippen LogP) is 3.71. The highest BCUT2D eigenvalue weighted by molar-refractivity contribution is 5.41. The summed E-state index contributed by atoms with van der Waals surface area (Å²) in [5, 5.41) is 4.66. The van der Waals surface area contributed by atoms with Crippen LogP contribution in [0.2, 0.25) is 0 Å². The summed E-state index contributed by atoms with van der Waals surface area (Å²) in [5.41, 5.74) is 5.01. The molecule has 0 spiro atoms. The number of aryl methyl sites for hydroxylation is 2. The van der Waals surface area contributed by atoms with Gasteiger partial charge in [0.25, 0.3) is 0 Å². The van der Waals surface area contributed by atoms with Crippen LogP contribution in [0.4, 0.5) is 4.39 Å². The molecule has 3 nitrogen and oxygen atoms in total. The van der Waals surface area contributed by atoms with Crippen molar-refractivity contribution in [2.24, 2.45) is 0 Å². The highest BCUT2D eigenvalue weighted by Gasteiger charge is 2.18. The largest absolute Gasteiger partial charge is 0.236 e. The minimum absolute atomic E-state index is 0.428.